The monoisotopic (exact) mass is 2060 g/mol. The highest BCUT2D eigenvalue weighted by Crippen LogP contribution is 2.48. The normalized spacial score (nSPS) is 21.9. The number of pyridine rings is 2. The molecule has 0 aliphatic carbocycles. The van der Waals surface area contributed by atoms with Crippen LogP contribution in [0.2, 0.25) is 0 Å². The van der Waals surface area contributed by atoms with Gasteiger partial charge in [0.05, 0.1) is 152 Å². The number of hydrogen-bond acceptors (Lipinski definition) is 36. The second-order valence-electron chi connectivity index (χ2n) is 41.0. The van der Waals surface area contributed by atoms with Crippen molar-refractivity contribution in [3.63, 3.8) is 0 Å². The number of aliphatic imine (C=N–C) groups is 4. The van der Waals surface area contributed by atoms with Crippen LogP contribution >= 0.6 is 54.0 Å². The number of rotatable bonds is 13. The second-order valence-corrected chi connectivity index (χ2v) is 42.9. The predicted molar refractivity (Wildman–Crippen MR) is 580 cm³/mol. The summed E-state index contributed by atoms with van der Waals surface area (Å²) in [6.07, 6.45) is 21.4. The number of aliphatic hydroxyl groups excluding tert-OH is 3. The van der Waals surface area contributed by atoms with Crippen LogP contribution in [0.1, 0.15) is 214 Å². The van der Waals surface area contributed by atoms with Gasteiger partial charge in [0, 0.05) is 151 Å². The minimum Gasteiger partial charge on any atom is -0.390 e. The van der Waals surface area contributed by atoms with Crippen molar-refractivity contribution in [3.8, 4) is 17.3 Å². The van der Waals surface area contributed by atoms with Crippen LogP contribution in [0.25, 0.3) is 11.3 Å². The second kappa shape index (κ2) is 44.1. The molecule has 23 rings (SSSR count). The third-order valence-electron chi connectivity index (χ3n) is 31.9. The fourth-order valence-electron chi connectivity index (χ4n) is 22.9. The highest BCUT2D eigenvalue weighted by molar-refractivity contribution is 7.90. The van der Waals surface area contributed by atoms with E-state index >= 15 is 0 Å². The molecule has 2 spiro atoms. The maximum Gasteiger partial charge on any atom is 0.175 e. The third kappa shape index (κ3) is 20.5. The molecule has 770 valence electrons. The Morgan fingerprint density at radius 1 is 0.500 bits per heavy atom. The molecule has 14 aliphatic heterocycles. The molecule has 0 unspecified atom stereocenters. The number of benzene rings is 2. The zero-order valence-electron chi connectivity index (χ0n) is 83.8. The number of fused-ring (bicyclic) bond motifs is 8. The Kier molecular flexibility index (Phi) is 32.6. The van der Waals surface area contributed by atoms with E-state index in [1.807, 2.05) is 62.0 Å². The lowest BCUT2D eigenvalue weighted by molar-refractivity contribution is 0.0973. The van der Waals surface area contributed by atoms with Crippen LogP contribution in [-0.4, -0.2) is 249 Å². The van der Waals surface area contributed by atoms with Gasteiger partial charge in [0.1, 0.15) is 45.6 Å². The molecule has 0 saturated carbocycles. The minimum atomic E-state index is -3.33. The molecule has 11 N–H and O–H groups in total. The molecule has 9 aromatic rings. The molecule has 14 aliphatic rings. The number of nitrogens with zero attached hydrogens (tertiary/aromatic N) is 25. The molecule has 42 heteroatoms. The Morgan fingerprint density at radius 3 is 1.34 bits per heavy atom. The first-order chi connectivity index (χ1) is 67.7. The highest BCUT2D eigenvalue weighted by Gasteiger charge is 2.51. The summed E-state index contributed by atoms with van der Waals surface area (Å²) in [5.41, 5.74) is 45.4. The van der Waals surface area contributed by atoms with Gasteiger partial charge in [-0.05, 0) is 206 Å². The molecule has 2 aromatic carbocycles. The van der Waals surface area contributed by atoms with E-state index in [9.17, 15) is 29.0 Å². The summed E-state index contributed by atoms with van der Waals surface area (Å²) in [6.45, 7) is 25.6. The Hall–Kier alpha value is -10.2. The van der Waals surface area contributed by atoms with E-state index in [1.165, 1.54) is 6.26 Å². The molecule has 6 fully saturated rings. The van der Waals surface area contributed by atoms with E-state index in [4.69, 9.17) is 102 Å². The molecule has 0 amide bonds. The van der Waals surface area contributed by atoms with Gasteiger partial charge in [-0.2, -0.15) is 64.3 Å². The zero-order valence-corrected chi connectivity index (χ0v) is 88.6. The lowest BCUT2D eigenvalue weighted by atomic mass is 9.73. The average molecular weight is 2060 g/mol. The largest absolute Gasteiger partial charge is 0.390 e. The molecule has 0 bridgehead atoms. The Labute approximate surface area is 870 Å². The SMILES string of the molecule is CC1(CN)CCN(c2nc3c(nc2CO)C(N2CCCc4c2cccc4S(C)(=O)=O)=NC3)CC1.COCc1nc2c(nc1N1CCC(C)(CN)CC1)CN=C2N1CCCc2ncccc21.C[C@@H]1OCC2(CCN(c3nc4c(nc3CO)C(N3CCCc5nc(-c6cnn(C)c6)ccc53)=NC4)CC2)[C@@H]1N.C[C@@H]1OCC2(CCN(c3nc4c(nc3CO)C(N3CC[C@H](C)c5cc(C#N)ccc53)=NC4)CC2)[C@@H]1N.S.S.S.S. The van der Waals surface area contributed by atoms with Gasteiger partial charge in [-0.25, -0.2) is 48.3 Å². The molecule has 144 heavy (non-hydrogen) atoms. The number of methoxy groups -OCH3 is 1. The van der Waals surface area contributed by atoms with Gasteiger partial charge in [-0.3, -0.25) is 34.6 Å². The van der Waals surface area contributed by atoms with Crippen molar-refractivity contribution in [1.82, 2.24) is 59.6 Å². The van der Waals surface area contributed by atoms with Gasteiger partial charge in [-0.1, -0.05) is 26.8 Å². The number of hydrogen-bond donors (Lipinski definition) is 7. The number of aliphatic hydroxyl groups is 3. The Balaban J connectivity index is 0.000000137. The van der Waals surface area contributed by atoms with Gasteiger partial charge in [0.2, 0.25) is 0 Å². The first-order valence-corrected chi connectivity index (χ1v) is 51.8. The van der Waals surface area contributed by atoms with E-state index in [0.29, 0.717) is 90.7 Å². The van der Waals surface area contributed by atoms with Crippen LogP contribution in [-0.2, 0) is 103 Å². The fraction of sp³-hybridized carbons (Fsp3) is 0.549. The third-order valence-corrected chi connectivity index (χ3v) is 33.1. The number of piperidine rings is 4. The van der Waals surface area contributed by atoms with Crippen LogP contribution in [0.3, 0.4) is 0 Å². The van der Waals surface area contributed by atoms with Gasteiger partial charge in [0.25, 0.3) is 0 Å². The summed E-state index contributed by atoms with van der Waals surface area (Å²) in [6, 6.07) is 21.9. The summed E-state index contributed by atoms with van der Waals surface area (Å²) in [4.78, 5) is 86.8. The summed E-state index contributed by atoms with van der Waals surface area (Å²) in [5.74, 6) is 6.80. The minimum absolute atomic E-state index is 0. The number of ether oxygens (including phenoxy) is 3. The van der Waals surface area contributed by atoms with Gasteiger partial charge < -0.3 is 91.7 Å². The number of aromatic nitrogens is 12. The first kappa shape index (κ1) is 107. The lowest BCUT2D eigenvalue weighted by Crippen LogP contribution is -2.51. The summed E-state index contributed by atoms with van der Waals surface area (Å²) in [5, 5.41) is 44.4. The van der Waals surface area contributed by atoms with E-state index in [-0.39, 0.29) is 120 Å². The van der Waals surface area contributed by atoms with Crippen molar-refractivity contribution in [2.24, 2.45) is 71.6 Å². The van der Waals surface area contributed by atoms with Crippen molar-refractivity contribution in [1.29, 1.82) is 5.26 Å². The topological polar surface area (TPSA) is 472 Å². The number of nitriles is 1. The molecule has 7 aromatic heterocycles. The summed E-state index contributed by atoms with van der Waals surface area (Å²) >= 11 is 0. The van der Waals surface area contributed by atoms with Crippen molar-refractivity contribution in [3.05, 3.63) is 176 Å². The maximum atomic E-state index is 12.4. The number of nitrogens with two attached hydrogens (primary N) is 4. The fourth-order valence-corrected chi connectivity index (χ4v) is 23.9. The van der Waals surface area contributed by atoms with Crippen molar-refractivity contribution >= 4 is 133 Å². The summed E-state index contributed by atoms with van der Waals surface area (Å²) in [7, 11) is 0.290. The highest BCUT2D eigenvalue weighted by atomic mass is 32.2. The van der Waals surface area contributed by atoms with E-state index < -0.39 is 9.84 Å². The molecule has 21 heterocycles. The Bertz CT molecular complexity index is 6510. The molecule has 0 radical (unpaired) electrons. The molecular formula is C102H139N29O8S5. The standard InChI is InChI=1S/C28H35N9O2.C27H33N7O2.C24H32N6O3S.C23H31N7O.4H2S/c1-17-25(29)28(16-39-17)7-10-36(11-8-28)26-22(15-38)33-24-21(34-26)13-30-27(24)37-9-3-4-20-23(37)6-5-19(32-20)18-12-31-35(2)14-18;1-16-5-8-34(22-4-3-18(12-28)11-19(16)22)26-23-20(13-30-26)32-25(21(14-35)31-23)33-9-6-27(7-10-33)15-36-17(2)24(27)29;1-24(15-25)8-11-29(12-9-24)22-18(14-31)27-21-17(28-22)13-26-23(21)30-10-4-5-16-19(30)6-3-7-20(16)34(2,32)33;1-23(15-24)7-11-29(12-8-23)21-18(14-31-2)27-20-17(28-21)13-26-22(20)30-10-4-5-16-19(30)6-3-9-25-16;;;;/h5-6,12,14,17,25,38H,3-4,7-11,13,15-16,29H2,1-2H3;3-4,11,16-17,24,35H,5-10,13-15,29H2,1-2H3;3,6-7,31H,4-5,8-15,25H2,1-2H3;3,6,9H,4-5,7-8,10-15,24H2,1-2H3;4*1H2/t17-,25+;16-,17-,24+;;;;;;/m00....../s1. The van der Waals surface area contributed by atoms with Gasteiger partial charge in [0.15, 0.2) is 56.5 Å². The van der Waals surface area contributed by atoms with Crippen molar-refractivity contribution in [2.45, 2.75) is 219 Å². The lowest BCUT2D eigenvalue weighted by Gasteiger charge is -2.42. The zero-order chi connectivity index (χ0) is 97.3. The first-order valence-electron chi connectivity index (χ1n) is 49.9. The smallest absolute Gasteiger partial charge is 0.175 e. The van der Waals surface area contributed by atoms with Crippen molar-refractivity contribution < 1.29 is 37.9 Å². The number of anilines is 8. The van der Waals surface area contributed by atoms with Crippen LogP contribution < -0.4 is 62.1 Å². The predicted octanol–water partition coefficient (Wildman–Crippen LogP) is 8.66. The molecule has 37 nitrogen and oxygen atoms in total. The molecular weight excluding hydrogens is 1920 g/mol. The Morgan fingerprint density at radius 2 is 0.917 bits per heavy atom. The van der Waals surface area contributed by atoms with Crippen molar-refractivity contribution in [2.75, 3.05) is 157 Å². The number of aryl methyl sites for hydroxylation is 3. The number of amidine groups is 4. The quantitative estimate of drug-likeness (QED) is 0.0567. The van der Waals surface area contributed by atoms with E-state index in [2.05, 4.69) is 102 Å². The van der Waals surface area contributed by atoms with Crippen LogP contribution in [0.15, 0.2) is 104 Å². The van der Waals surface area contributed by atoms with Crippen LogP contribution in [0, 0.1) is 33.0 Å². The van der Waals surface area contributed by atoms with Crippen LogP contribution in [0.4, 0.5) is 46.0 Å². The maximum absolute atomic E-state index is 12.4. The molecule has 5 atom stereocenters. The molecule has 6 saturated heterocycles. The van der Waals surface area contributed by atoms with E-state index in [0.717, 1.165) is 331 Å². The van der Waals surface area contributed by atoms with Gasteiger partial charge in [-0.15, -0.1) is 0 Å². The number of sulfone groups is 1. The average Bonchev–Trinajstić information content (AvgIpc) is 1.55. The van der Waals surface area contributed by atoms with E-state index in [1.54, 1.807) is 23.9 Å². The van der Waals surface area contributed by atoms with Gasteiger partial charge >= 0.3 is 0 Å². The van der Waals surface area contributed by atoms with Crippen LogP contribution in [0.5, 0.6) is 0 Å². The summed E-state index contributed by atoms with van der Waals surface area (Å²) < 4.78 is 43.8.